The van der Waals surface area contributed by atoms with Gasteiger partial charge in [-0.25, -0.2) is 9.18 Å². The average Bonchev–Trinajstić information content (AvgIpc) is 3.09. The van der Waals surface area contributed by atoms with Gasteiger partial charge in [0.25, 0.3) is 5.91 Å². The lowest BCUT2D eigenvalue weighted by Gasteiger charge is -2.22. The summed E-state index contributed by atoms with van der Waals surface area (Å²) in [5.41, 5.74) is 0.548. The molecule has 5 nitrogen and oxygen atoms in total. The Kier molecular flexibility index (Phi) is 3.42. The summed E-state index contributed by atoms with van der Waals surface area (Å²) in [6.07, 6.45) is 1.14. The van der Waals surface area contributed by atoms with Gasteiger partial charge in [-0.2, -0.15) is 0 Å². The summed E-state index contributed by atoms with van der Waals surface area (Å²) in [7, 11) is 0. The van der Waals surface area contributed by atoms with Crippen LogP contribution in [-0.2, 0) is 16.8 Å². The normalized spacial score (nSPS) is 21.6. The predicted molar refractivity (Wildman–Crippen MR) is 87.4 cm³/mol. The van der Waals surface area contributed by atoms with Gasteiger partial charge in [0.05, 0.1) is 12.1 Å². The number of halogens is 1. The molecule has 1 spiro atoms. The highest BCUT2D eigenvalue weighted by atomic mass is 19.1. The van der Waals surface area contributed by atoms with Crippen LogP contribution in [0.25, 0.3) is 0 Å². The third kappa shape index (κ3) is 2.25. The molecule has 1 fully saturated rings. The molecule has 1 N–H and O–H groups in total. The van der Waals surface area contributed by atoms with Crippen LogP contribution in [0.4, 0.5) is 9.18 Å². The second kappa shape index (κ2) is 5.51. The molecule has 0 radical (unpaired) electrons. The zero-order chi connectivity index (χ0) is 17.6. The van der Waals surface area contributed by atoms with Crippen molar-refractivity contribution in [1.82, 2.24) is 10.2 Å². The highest BCUT2D eigenvalue weighted by molar-refractivity contribution is 6.11. The SMILES string of the molecule is O=C(CN1C(=O)NC2(CCc3ccccc32)C1=O)c1ccccc1F. The van der Waals surface area contributed by atoms with E-state index in [0.29, 0.717) is 12.8 Å². The van der Waals surface area contributed by atoms with Crippen LogP contribution in [0.15, 0.2) is 48.5 Å². The number of hydrogen-bond acceptors (Lipinski definition) is 3. The second-order valence-electron chi connectivity index (χ2n) is 6.29. The zero-order valence-corrected chi connectivity index (χ0v) is 13.3. The quantitative estimate of drug-likeness (QED) is 0.690. The first-order chi connectivity index (χ1) is 12.0. The number of fused-ring (bicyclic) bond motifs is 2. The first-order valence-corrected chi connectivity index (χ1v) is 8.03. The lowest BCUT2D eigenvalue weighted by Crippen LogP contribution is -2.42. The van der Waals surface area contributed by atoms with Crippen LogP contribution in [0.2, 0.25) is 0 Å². The summed E-state index contributed by atoms with van der Waals surface area (Å²) in [5.74, 6) is -1.72. The van der Waals surface area contributed by atoms with Crippen LogP contribution >= 0.6 is 0 Å². The molecule has 3 amide bonds. The molecule has 0 saturated carbocycles. The molecular formula is C19H15FN2O3. The monoisotopic (exact) mass is 338 g/mol. The minimum Gasteiger partial charge on any atom is -0.319 e. The minimum absolute atomic E-state index is 0.129. The molecule has 126 valence electrons. The number of ketones is 1. The maximum atomic E-state index is 13.8. The highest BCUT2D eigenvalue weighted by Gasteiger charge is 2.55. The molecule has 1 heterocycles. The lowest BCUT2D eigenvalue weighted by molar-refractivity contribution is -0.131. The van der Waals surface area contributed by atoms with Crippen molar-refractivity contribution >= 4 is 17.7 Å². The number of benzene rings is 2. The first kappa shape index (κ1) is 15.5. The van der Waals surface area contributed by atoms with Gasteiger partial charge in [-0.3, -0.25) is 14.5 Å². The van der Waals surface area contributed by atoms with Crippen LogP contribution in [0, 0.1) is 5.82 Å². The fraction of sp³-hybridized carbons (Fsp3) is 0.211. The smallest absolute Gasteiger partial charge is 0.319 e. The van der Waals surface area contributed by atoms with Gasteiger partial charge in [-0.05, 0) is 36.1 Å². The Labute approximate surface area is 143 Å². The van der Waals surface area contributed by atoms with E-state index in [4.69, 9.17) is 0 Å². The Hall–Kier alpha value is -3.02. The van der Waals surface area contributed by atoms with Crippen molar-refractivity contribution in [3.63, 3.8) is 0 Å². The Bertz CT molecular complexity index is 911. The van der Waals surface area contributed by atoms with Crippen LogP contribution in [0.3, 0.4) is 0 Å². The van der Waals surface area contributed by atoms with Gasteiger partial charge in [0, 0.05) is 0 Å². The molecule has 1 aliphatic carbocycles. The fourth-order valence-electron chi connectivity index (χ4n) is 3.65. The molecule has 2 aromatic carbocycles. The molecule has 1 unspecified atom stereocenters. The number of nitrogens with zero attached hydrogens (tertiary/aromatic N) is 1. The van der Waals surface area contributed by atoms with E-state index in [1.54, 1.807) is 0 Å². The first-order valence-electron chi connectivity index (χ1n) is 8.03. The fourth-order valence-corrected chi connectivity index (χ4v) is 3.65. The third-order valence-corrected chi connectivity index (χ3v) is 4.90. The number of urea groups is 1. The average molecular weight is 338 g/mol. The number of hydrogen-bond donors (Lipinski definition) is 1. The van der Waals surface area contributed by atoms with E-state index < -0.39 is 35.6 Å². The van der Waals surface area contributed by atoms with E-state index in [9.17, 15) is 18.8 Å². The summed E-state index contributed by atoms with van der Waals surface area (Å²) >= 11 is 0. The predicted octanol–water partition coefficient (Wildman–Crippen LogP) is 2.40. The molecule has 1 saturated heterocycles. The Morgan fingerprint density at radius 1 is 1.12 bits per heavy atom. The van der Waals surface area contributed by atoms with E-state index in [0.717, 1.165) is 16.0 Å². The summed E-state index contributed by atoms with van der Waals surface area (Å²) in [5, 5.41) is 2.75. The number of carbonyl (C=O) groups excluding carboxylic acids is 3. The van der Waals surface area contributed by atoms with Gasteiger partial charge in [-0.1, -0.05) is 36.4 Å². The zero-order valence-electron chi connectivity index (χ0n) is 13.3. The lowest BCUT2D eigenvalue weighted by atomic mass is 9.92. The van der Waals surface area contributed by atoms with Crippen LogP contribution < -0.4 is 5.32 Å². The van der Waals surface area contributed by atoms with Gasteiger partial charge < -0.3 is 5.32 Å². The Morgan fingerprint density at radius 2 is 1.84 bits per heavy atom. The Balaban J connectivity index is 1.63. The van der Waals surface area contributed by atoms with Gasteiger partial charge in [0.1, 0.15) is 11.4 Å². The van der Waals surface area contributed by atoms with Crippen molar-refractivity contribution in [3.05, 3.63) is 71.0 Å². The van der Waals surface area contributed by atoms with Crippen molar-refractivity contribution in [3.8, 4) is 0 Å². The molecule has 6 heteroatoms. The molecule has 1 atom stereocenters. The molecule has 2 aromatic rings. The molecule has 0 bridgehead atoms. The Morgan fingerprint density at radius 3 is 2.64 bits per heavy atom. The maximum absolute atomic E-state index is 13.8. The largest absolute Gasteiger partial charge is 0.325 e. The molecule has 25 heavy (non-hydrogen) atoms. The summed E-state index contributed by atoms with van der Waals surface area (Å²) in [6.45, 7) is -0.477. The number of imide groups is 1. The van der Waals surface area contributed by atoms with Gasteiger partial charge in [0.15, 0.2) is 5.78 Å². The number of rotatable bonds is 3. The van der Waals surface area contributed by atoms with Crippen molar-refractivity contribution < 1.29 is 18.8 Å². The maximum Gasteiger partial charge on any atom is 0.325 e. The van der Waals surface area contributed by atoms with Crippen molar-refractivity contribution in [2.45, 2.75) is 18.4 Å². The topological polar surface area (TPSA) is 66.5 Å². The molecule has 0 aromatic heterocycles. The summed E-state index contributed by atoms with van der Waals surface area (Å²) in [4.78, 5) is 38.5. The van der Waals surface area contributed by atoms with Crippen LogP contribution in [-0.4, -0.2) is 29.2 Å². The van der Waals surface area contributed by atoms with Crippen molar-refractivity contribution in [1.29, 1.82) is 0 Å². The van der Waals surface area contributed by atoms with Crippen molar-refractivity contribution in [2.24, 2.45) is 0 Å². The second-order valence-corrected chi connectivity index (χ2v) is 6.29. The van der Waals surface area contributed by atoms with E-state index in [1.165, 1.54) is 24.3 Å². The van der Waals surface area contributed by atoms with Crippen LogP contribution in [0.1, 0.15) is 27.9 Å². The van der Waals surface area contributed by atoms with E-state index in [-0.39, 0.29) is 5.56 Å². The summed E-state index contributed by atoms with van der Waals surface area (Å²) < 4.78 is 13.8. The summed E-state index contributed by atoms with van der Waals surface area (Å²) in [6, 6.07) is 12.4. The molecule has 4 rings (SSSR count). The van der Waals surface area contributed by atoms with E-state index in [2.05, 4.69) is 5.32 Å². The van der Waals surface area contributed by atoms with Gasteiger partial charge in [0.2, 0.25) is 0 Å². The molecule has 1 aliphatic heterocycles. The number of amides is 3. The van der Waals surface area contributed by atoms with Gasteiger partial charge in [-0.15, -0.1) is 0 Å². The number of nitrogens with one attached hydrogen (secondary N) is 1. The van der Waals surface area contributed by atoms with E-state index >= 15 is 0 Å². The molecular weight excluding hydrogens is 323 g/mol. The number of Topliss-reactive ketones (excluding diaryl/α,β-unsaturated/α-hetero) is 1. The molecule has 2 aliphatic rings. The van der Waals surface area contributed by atoms with Crippen LogP contribution in [0.5, 0.6) is 0 Å². The van der Waals surface area contributed by atoms with Gasteiger partial charge >= 0.3 is 6.03 Å². The standard InChI is InChI=1S/C19H15FN2O3/c20-15-8-4-2-6-13(15)16(23)11-22-17(24)19(21-18(22)25)10-9-12-5-1-3-7-14(12)19/h1-8H,9-11H2,(H,21,25). The minimum atomic E-state index is -1.11. The number of aryl methyl sites for hydroxylation is 1. The highest BCUT2D eigenvalue weighted by Crippen LogP contribution is 2.41. The van der Waals surface area contributed by atoms with Crippen molar-refractivity contribution in [2.75, 3.05) is 6.54 Å². The third-order valence-electron chi connectivity index (χ3n) is 4.90. The van der Waals surface area contributed by atoms with E-state index in [1.807, 2.05) is 24.3 Å². The number of carbonyl (C=O) groups is 3.